The van der Waals surface area contributed by atoms with Crippen molar-refractivity contribution in [3.05, 3.63) is 70.4 Å². The van der Waals surface area contributed by atoms with Crippen LogP contribution < -0.4 is 10.3 Å². The van der Waals surface area contributed by atoms with E-state index in [1.165, 1.54) is 0 Å². The first-order chi connectivity index (χ1) is 15.1. The largest absolute Gasteiger partial charge is 0.487 e. The lowest BCUT2D eigenvalue weighted by Crippen LogP contribution is -2.35. The Morgan fingerprint density at radius 3 is 2.50 bits per heavy atom. The van der Waals surface area contributed by atoms with Crippen LogP contribution in [0.25, 0.3) is 11.4 Å². The molecule has 0 atom stereocenters. The molecule has 1 aliphatic heterocycles. The quantitative estimate of drug-likeness (QED) is 0.590. The number of rotatable bonds is 6. The van der Waals surface area contributed by atoms with Crippen LogP contribution in [0, 0.1) is 0 Å². The average molecular weight is 434 g/mol. The standard InChI is InChI=1S/C24H27N5O2.CH4/c1-28-11-9-20(10-12-28)31-21-14-25-24(26-15-21)19-4-2-3-17(13-19)16-29-23(30)8-7-22(27-29)18-5-6-18;/h2-4,7-8,13-15,18,20H,5-6,9-12,16H2,1H3;1H4. The van der Waals surface area contributed by atoms with Crippen LogP contribution in [0.1, 0.15) is 50.3 Å². The van der Waals surface area contributed by atoms with Crippen LogP contribution in [0.5, 0.6) is 5.75 Å². The highest BCUT2D eigenvalue weighted by Gasteiger charge is 2.25. The van der Waals surface area contributed by atoms with Gasteiger partial charge in [-0.25, -0.2) is 14.6 Å². The lowest BCUT2D eigenvalue weighted by molar-refractivity contribution is 0.113. The fourth-order valence-electron chi connectivity index (χ4n) is 3.98. The van der Waals surface area contributed by atoms with Crippen molar-refractivity contribution in [2.45, 2.75) is 51.7 Å². The molecule has 1 aliphatic carbocycles. The minimum absolute atomic E-state index is 0. The summed E-state index contributed by atoms with van der Waals surface area (Å²) in [4.78, 5) is 23.6. The summed E-state index contributed by atoms with van der Waals surface area (Å²) in [5.41, 5.74) is 2.84. The molecule has 2 aromatic heterocycles. The number of hydrogen-bond donors (Lipinski definition) is 0. The molecule has 7 heteroatoms. The number of benzene rings is 1. The zero-order valence-electron chi connectivity index (χ0n) is 17.8. The first kappa shape index (κ1) is 22.1. The predicted molar refractivity (Wildman–Crippen MR) is 125 cm³/mol. The Morgan fingerprint density at radius 1 is 1.03 bits per heavy atom. The minimum atomic E-state index is -0.0820. The van der Waals surface area contributed by atoms with E-state index in [1.807, 2.05) is 30.3 Å². The van der Waals surface area contributed by atoms with E-state index in [-0.39, 0.29) is 19.1 Å². The van der Waals surface area contributed by atoms with E-state index in [0.29, 0.717) is 24.0 Å². The molecule has 0 spiro atoms. The van der Waals surface area contributed by atoms with Gasteiger partial charge in [-0.05, 0) is 50.4 Å². The Labute approximate surface area is 189 Å². The third-order valence-corrected chi connectivity index (χ3v) is 6.00. The second kappa shape index (κ2) is 9.61. The predicted octanol–water partition coefficient (Wildman–Crippen LogP) is 3.74. The number of piperidine rings is 1. The maximum atomic E-state index is 12.3. The molecule has 3 aromatic rings. The number of ether oxygens (including phenoxy) is 1. The van der Waals surface area contributed by atoms with Gasteiger partial charge in [-0.15, -0.1) is 0 Å². The molecule has 1 aromatic carbocycles. The van der Waals surface area contributed by atoms with E-state index < -0.39 is 0 Å². The molecule has 1 saturated heterocycles. The van der Waals surface area contributed by atoms with Gasteiger partial charge < -0.3 is 9.64 Å². The van der Waals surface area contributed by atoms with E-state index in [4.69, 9.17) is 4.74 Å². The van der Waals surface area contributed by atoms with Gasteiger partial charge in [0.05, 0.1) is 24.6 Å². The van der Waals surface area contributed by atoms with Crippen molar-refractivity contribution in [1.82, 2.24) is 24.6 Å². The molecule has 7 nitrogen and oxygen atoms in total. The summed E-state index contributed by atoms with van der Waals surface area (Å²) in [6, 6.07) is 11.4. The highest BCUT2D eigenvalue weighted by molar-refractivity contribution is 5.56. The minimum Gasteiger partial charge on any atom is -0.487 e. The first-order valence-corrected chi connectivity index (χ1v) is 11.0. The SMILES string of the molecule is C.CN1CCC(Oc2cnc(-c3cccc(Cn4nc(C5CC5)ccc4=O)c3)nc2)CC1. The van der Waals surface area contributed by atoms with E-state index in [9.17, 15) is 4.79 Å². The van der Waals surface area contributed by atoms with Crippen molar-refractivity contribution in [2.24, 2.45) is 0 Å². The first-order valence-electron chi connectivity index (χ1n) is 11.0. The molecule has 168 valence electrons. The smallest absolute Gasteiger partial charge is 0.267 e. The Morgan fingerprint density at radius 2 is 1.78 bits per heavy atom. The second-order valence-electron chi connectivity index (χ2n) is 8.59. The molecule has 2 aliphatic rings. The Bertz CT molecular complexity index is 1100. The topological polar surface area (TPSA) is 73.1 Å². The van der Waals surface area contributed by atoms with Crippen LogP contribution >= 0.6 is 0 Å². The van der Waals surface area contributed by atoms with Crippen LogP contribution in [-0.2, 0) is 6.54 Å². The van der Waals surface area contributed by atoms with Gasteiger partial charge in [0, 0.05) is 30.6 Å². The van der Waals surface area contributed by atoms with Crippen molar-refractivity contribution in [3.63, 3.8) is 0 Å². The third-order valence-electron chi connectivity index (χ3n) is 6.00. The van der Waals surface area contributed by atoms with E-state index in [2.05, 4.69) is 27.0 Å². The fraction of sp³-hybridized carbons (Fsp3) is 0.440. The summed E-state index contributed by atoms with van der Waals surface area (Å²) in [6.07, 6.45) is 8.10. The van der Waals surface area contributed by atoms with Gasteiger partial charge in [0.2, 0.25) is 0 Å². The molecule has 5 rings (SSSR count). The Hall–Kier alpha value is -3.06. The van der Waals surface area contributed by atoms with Gasteiger partial charge >= 0.3 is 0 Å². The van der Waals surface area contributed by atoms with Gasteiger partial charge in [-0.3, -0.25) is 4.79 Å². The number of hydrogen-bond acceptors (Lipinski definition) is 6. The molecule has 0 amide bonds. The third kappa shape index (κ3) is 5.22. The van der Waals surface area contributed by atoms with Crippen molar-refractivity contribution >= 4 is 0 Å². The number of nitrogens with zero attached hydrogens (tertiary/aromatic N) is 5. The molecule has 2 fully saturated rings. The number of aromatic nitrogens is 4. The molecule has 32 heavy (non-hydrogen) atoms. The molecule has 1 saturated carbocycles. The maximum absolute atomic E-state index is 12.3. The summed E-state index contributed by atoms with van der Waals surface area (Å²) in [5.74, 6) is 1.87. The van der Waals surface area contributed by atoms with Crippen molar-refractivity contribution in [1.29, 1.82) is 0 Å². The summed E-state index contributed by atoms with van der Waals surface area (Å²) < 4.78 is 7.60. The number of likely N-dealkylation sites (tertiary alicyclic amines) is 1. The summed E-state index contributed by atoms with van der Waals surface area (Å²) >= 11 is 0. The van der Waals surface area contributed by atoms with Crippen LogP contribution in [-0.4, -0.2) is 50.9 Å². The van der Waals surface area contributed by atoms with Crippen molar-refractivity contribution < 1.29 is 4.74 Å². The van der Waals surface area contributed by atoms with Gasteiger partial charge in [0.1, 0.15) is 6.10 Å². The van der Waals surface area contributed by atoms with E-state index in [0.717, 1.165) is 55.6 Å². The molecule has 0 N–H and O–H groups in total. The second-order valence-corrected chi connectivity index (χ2v) is 8.59. The molecule has 0 bridgehead atoms. The summed E-state index contributed by atoms with van der Waals surface area (Å²) in [5, 5.41) is 4.56. The van der Waals surface area contributed by atoms with Crippen molar-refractivity contribution in [2.75, 3.05) is 20.1 Å². The molecule has 0 radical (unpaired) electrons. The zero-order valence-corrected chi connectivity index (χ0v) is 17.8. The Kier molecular flexibility index (Phi) is 6.65. The van der Waals surface area contributed by atoms with Gasteiger partial charge in [0.25, 0.3) is 5.56 Å². The maximum Gasteiger partial charge on any atom is 0.267 e. The lowest BCUT2D eigenvalue weighted by atomic mass is 10.1. The van der Waals surface area contributed by atoms with Crippen LogP contribution in [0.15, 0.2) is 53.6 Å². The van der Waals surface area contributed by atoms with E-state index >= 15 is 0 Å². The molecule has 0 unspecified atom stereocenters. The highest BCUT2D eigenvalue weighted by Crippen LogP contribution is 2.38. The van der Waals surface area contributed by atoms with Crippen molar-refractivity contribution in [3.8, 4) is 17.1 Å². The normalized spacial score (nSPS) is 17.0. The van der Waals surface area contributed by atoms with Gasteiger partial charge in [-0.1, -0.05) is 25.6 Å². The van der Waals surface area contributed by atoms with Gasteiger partial charge in [-0.2, -0.15) is 5.10 Å². The monoisotopic (exact) mass is 433 g/mol. The zero-order chi connectivity index (χ0) is 21.2. The molecule has 3 heterocycles. The summed E-state index contributed by atoms with van der Waals surface area (Å²) in [7, 11) is 2.14. The summed E-state index contributed by atoms with van der Waals surface area (Å²) in [6.45, 7) is 2.54. The average Bonchev–Trinajstić information content (AvgIpc) is 3.63. The lowest BCUT2D eigenvalue weighted by Gasteiger charge is -2.29. The fourth-order valence-corrected chi connectivity index (χ4v) is 3.98. The van der Waals surface area contributed by atoms with Crippen LogP contribution in [0.2, 0.25) is 0 Å². The highest BCUT2D eigenvalue weighted by atomic mass is 16.5. The van der Waals surface area contributed by atoms with Gasteiger partial charge in [0.15, 0.2) is 11.6 Å². The molecular weight excluding hydrogens is 402 g/mol. The van der Waals surface area contributed by atoms with E-state index in [1.54, 1.807) is 23.1 Å². The Balaban J connectivity index is 0.00000245. The van der Waals surface area contributed by atoms with Crippen LogP contribution in [0.3, 0.4) is 0 Å². The van der Waals surface area contributed by atoms with Crippen LogP contribution in [0.4, 0.5) is 0 Å². The molecular formula is C25H31N5O2.